The van der Waals surface area contributed by atoms with Gasteiger partial charge in [0, 0.05) is 13.5 Å². The monoisotopic (exact) mass is 401 g/mol. The van der Waals surface area contributed by atoms with Gasteiger partial charge in [0.1, 0.15) is 11.1 Å². The van der Waals surface area contributed by atoms with Gasteiger partial charge in [0.2, 0.25) is 5.78 Å². The Hall–Kier alpha value is -2.25. The molecule has 0 aromatic heterocycles. The van der Waals surface area contributed by atoms with Gasteiger partial charge in [0.05, 0.1) is 6.61 Å². The highest BCUT2D eigenvalue weighted by Crippen LogP contribution is 2.71. The topological polar surface area (TPSA) is 72.9 Å². The summed E-state index contributed by atoms with van der Waals surface area (Å²) < 4.78 is 11.9. The number of ether oxygens (including phenoxy) is 1. The second-order valence-corrected chi connectivity index (χ2v) is 12.8. The van der Waals surface area contributed by atoms with Gasteiger partial charge in [-0.1, -0.05) is 36.4 Å². The van der Waals surface area contributed by atoms with Gasteiger partial charge in [-0.05, 0) is 32.1 Å². The van der Waals surface area contributed by atoms with Crippen molar-refractivity contribution in [1.29, 1.82) is 0 Å². The third kappa shape index (κ3) is 2.26. The number of fused-ring (bicyclic) bond motifs is 1. The fourth-order valence-corrected chi connectivity index (χ4v) is 6.45. The number of benzene rings is 1. The molecule has 0 spiro atoms. The normalized spacial score (nSPS) is 32.0. The van der Waals surface area contributed by atoms with Crippen LogP contribution in [0, 0.1) is 5.41 Å². The Labute approximate surface area is 166 Å². The summed E-state index contributed by atoms with van der Waals surface area (Å²) in [4.78, 5) is 40.7. The lowest BCUT2D eigenvalue weighted by atomic mass is 9.43. The second-order valence-electron chi connectivity index (χ2n) is 8.38. The van der Waals surface area contributed by atoms with E-state index in [9.17, 15) is 14.4 Å². The Balaban J connectivity index is 2.37. The smallest absolute Gasteiger partial charge is 0.323 e. The Kier molecular flexibility index (Phi) is 4.67. The summed E-state index contributed by atoms with van der Waals surface area (Å²) in [5.74, 6) is -2.13. The van der Waals surface area contributed by atoms with Crippen LogP contribution in [-0.2, 0) is 29.1 Å². The first-order valence-electron chi connectivity index (χ1n) is 9.43. The van der Waals surface area contributed by atoms with Crippen molar-refractivity contribution >= 4 is 26.0 Å². The Morgan fingerprint density at radius 3 is 2.36 bits per heavy atom. The first-order valence-corrected chi connectivity index (χ1v) is 12.8. The van der Waals surface area contributed by atoms with Crippen molar-refractivity contribution in [2.75, 3.05) is 13.7 Å². The van der Waals surface area contributed by atoms with E-state index in [-0.39, 0.29) is 13.0 Å². The number of amides is 1. The predicted octanol–water partition coefficient (Wildman–Crippen LogP) is 2.65. The molecule has 28 heavy (non-hydrogen) atoms. The van der Waals surface area contributed by atoms with Crippen molar-refractivity contribution in [3.63, 3.8) is 0 Å². The van der Waals surface area contributed by atoms with Gasteiger partial charge in [0.15, 0.2) is 13.7 Å². The molecular formula is C21H27NO5Si. The lowest BCUT2D eigenvalue weighted by Crippen LogP contribution is -2.80. The largest absolute Gasteiger partial charge is 0.465 e. The number of carbonyl (C=O) groups is 3. The van der Waals surface area contributed by atoms with Gasteiger partial charge in [-0.25, -0.2) is 0 Å². The molecule has 7 heteroatoms. The first-order chi connectivity index (χ1) is 13.0. The van der Waals surface area contributed by atoms with Crippen molar-refractivity contribution < 1.29 is 23.5 Å². The van der Waals surface area contributed by atoms with E-state index in [1.54, 1.807) is 20.0 Å². The van der Waals surface area contributed by atoms with Crippen LogP contribution in [-0.4, -0.2) is 50.1 Å². The Morgan fingerprint density at radius 2 is 1.86 bits per heavy atom. The van der Waals surface area contributed by atoms with Crippen LogP contribution in [0.1, 0.15) is 18.9 Å². The molecule has 0 unspecified atom stereocenters. The average molecular weight is 402 g/mol. The van der Waals surface area contributed by atoms with Gasteiger partial charge in [0.25, 0.3) is 5.91 Å². The zero-order valence-corrected chi connectivity index (χ0v) is 18.1. The van der Waals surface area contributed by atoms with E-state index in [1.165, 1.54) is 4.90 Å². The molecule has 1 aromatic rings. The minimum absolute atomic E-state index is 0.0381. The molecule has 0 bridgehead atoms. The Morgan fingerprint density at radius 1 is 1.25 bits per heavy atom. The summed E-state index contributed by atoms with van der Waals surface area (Å²) in [7, 11) is -0.601. The molecule has 3 atom stereocenters. The van der Waals surface area contributed by atoms with Gasteiger partial charge in [-0.15, -0.1) is 6.58 Å². The van der Waals surface area contributed by atoms with Crippen LogP contribution in [0.5, 0.6) is 0 Å². The van der Waals surface area contributed by atoms with Crippen LogP contribution >= 0.6 is 0 Å². The van der Waals surface area contributed by atoms with Crippen LogP contribution in [0.15, 0.2) is 43.0 Å². The number of nitrogens with zero attached hydrogens (tertiary/aromatic N) is 1. The molecule has 2 fully saturated rings. The number of rotatable bonds is 6. The quantitative estimate of drug-likeness (QED) is 0.241. The molecule has 1 saturated heterocycles. The zero-order chi connectivity index (χ0) is 21.0. The van der Waals surface area contributed by atoms with Crippen molar-refractivity contribution in [3.8, 4) is 0 Å². The number of ketones is 1. The van der Waals surface area contributed by atoms with E-state index in [0.717, 1.165) is 0 Å². The molecule has 3 rings (SSSR count). The maximum absolute atomic E-state index is 13.2. The zero-order valence-electron chi connectivity index (χ0n) is 17.1. The van der Waals surface area contributed by atoms with E-state index in [0.29, 0.717) is 5.56 Å². The fourth-order valence-electron chi connectivity index (χ4n) is 5.05. The molecule has 1 aliphatic carbocycles. The molecule has 1 amide bonds. The van der Waals surface area contributed by atoms with Gasteiger partial charge in [-0.2, -0.15) is 0 Å². The maximum atomic E-state index is 13.2. The van der Waals surface area contributed by atoms with E-state index in [2.05, 4.69) is 6.58 Å². The number of hydrogen-bond donors (Lipinski definition) is 0. The highest BCUT2D eigenvalue weighted by atomic mass is 28.4. The number of carbonyl (C=O) groups excluding carboxylic acids is 3. The molecule has 1 heterocycles. The van der Waals surface area contributed by atoms with Crippen LogP contribution in [0.4, 0.5) is 0 Å². The van der Waals surface area contributed by atoms with Crippen LogP contribution in [0.3, 0.4) is 0 Å². The maximum Gasteiger partial charge on any atom is 0.323 e. The van der Waals surface area contributed by atoms with Crippen molar-refractivity contribution in [2.45, 2.75) is 44.1 Å². The van der Waals surface area contributed by atoms with Crippen LogP contribution in [0.25, 0.3) is 0 Å². The van der Waals surface area contributed by atoms with Crippen molar-refractivity contribution in [1.82, 2.24) is 4.90 Å². The second kappa shape index (κ2) is 6.39. The summed E-state index contributed by atoms with van der Waals surface area (Å²) in [6.45, 7) is 11.9. The van der Waals surface area contributed by atoms with Crippen molar-refractivity contribution in [3.05, 3.63) is 48.6 Å². The number of likely N-dealkylation sites (N-methyl/N-ethyl adjacent to an activating group) is 1. The number of likely N-dealkylation sites (tertiary alicyclic amines) is 1. The minimum Gasteiger partial charge on any atom is -0.465 e. The van der Waals surface area contributed by atoms with E-state index < -0.39 is 42.5 Å². The summed E-state index contributed by atoms with van der Waals surface area (Å²) in [6.07, 6.45) is 1.69. The molecule has 1 aromatic carbocycles. The molecule has 150 valence electrons. The number of hydrogen-bond acceptors (Lipinski definition) is 5. The van der Waals surface area contributed by atoms with Gasteiger partial charge in [-0.3, -0.25) is 14.4 Å². The van der Waals surface area contributed by atoms with Crippen molar-refractivity contribution in [2.24, 2.45) is 5.41 Å². The summed E-state index contributed by atoms with van der Waals surface area (Å²) >= 11 is 0. The minimum atomic E-state index is -2.16. The fraction of sp³-hybridized carbons (Fsp3) is 0.476. The highest BCUT2D eigenvalue weighted by Gasteiger charge is 2.88. The van der Waals surface area contributed by atoms with Gasteiger partial charge < -0.3 is 14.1 Å². The molecule has 2 aliphatic rings. The summed E-state index contributed by atoms with van der Waals surface area (Å²) in [5.41, 5.74) is -3.38. The van der Waals surface area contributed by atoms with Crippen LogP contribution < -0.4 is 0 Å². The van der Waals surface area contributed by atoms with E-state index in [1.807, 2.05) is 50.0 Å². The molecular weight excluding hydrogens is 374 g/mol. The predicted molar refractivity (Wildman–Crippen MR) is 107 cm³/mol. The average Bonchev–Trinajstić information content (AvgIpc) is 2.76. The SMILES string of the molecule is C=C[C@]1(O[Si](C)(C)C)C[C@@]2(C(=O)OCC)C(=O)C(=O)N(C)[C@]21c1ccccc1. The molecule has 0 N–H and O–H groups in total. The summed E-state index contributed by atoms with van der Waals surface area (Å²) in [6, 6.07) is 9.13. The Bertz CT molecular complexity index is 848. The molecule has 0 radical (unpaired) electrons. The highest BCUT2D eigenvalue weighted by molar-refractivity contribution is 6.70. The van der Waals surface area contributed by atoms with Gasteiger partial charge >= 0.3 is 5.97 Å². The third-order valence-electron chi connectivity index (χ3n) is 5.78. The van der Waals surface area contributed by atoms with Crippen LogP contribution in [0.2, 0.25) is 19.6 Å². The number of Topliss-reactive ketones (excluding diaryl/α,β-unsaturated/α-hetero) is 1. The lowest BCUT2D eigenvalue weighted by Gasteiger charge is -2.66. The molecule has 6 nitrogen and oxygen atoms in total. The lowest BCUT2D eigenvalue weighted by molar-refractivity contribution is -0.224. The summed E-state index contributed by atoms with van der Waals surface area (Å²) in [5, 5.41) is 0. The molecule has 1 aliphatic heterocycles. The third-order valence-corrected chi connectivity index (χ3v) is 6.76. The molecule has 1 saturated carbocycles. The standard InChI is InChI=1S/C21H27NO5Si/c1-7-19(27-28(4,5)6)14-20(18(25)26-8-2)16(23)17(24)22(3)21(19,20)15-12-10-9-11-13-15/h7,9-13H,1,8,14H2,2-6H3/t19-,20-,21-/m0/s1. The van der Waals surface area contributed by atoms with E-state index in [4.69, 9.17) is 9.16 Å². The van der Waals surface area contributed by atoms with E-state index >= 15 is 0 Å². The first kappa shape index (κ1) is 20.5. The number of esters is 1.